The van der Waals surface area contributed by atoms with Gasteiger partial charge in [0.2, 0.25) is 5.91 Å². The fourth-order valence-corrected chi connectivity index (χ4v) is 2.85. The Kier molecular flexibility index (Phi) is 6.68. The Labute approximate surface area is 175 Å². The van der Waals surface area contributed by atoms with E-state index in [1.54, 1.807) is 6.92 Å². The minimum Gasteiger partial charge on any atom is -0.328 e. The molecule has 1 heterocycles. The number of hydrogen-bond acceptors (Lipinski definition) is 3. The van der Waals surface area contributed by atoms with Gasteiger partial charge in [0, 0.05) is 12.7 Å². The Morgan fingerprint density at radius 1 is 1.00 bits per heavy atom. The lowest BCUT2D eigenvalue weighted by Crippen LogP contribution is -2.39. The molecule has 0 spiro atoms. The van der Waals surface area contributed by atoms with Gasteiger partial charge in [-0.25, -0.2) is 22.2 Å². The highest BCUT2D eigenvalue weighted by molar-refractivity contribution is 5.98. The standard InChI is InChI=1S/C21H18F4N4O2/c1-2-10-28(12-18(30)26-16-8-7-15(23)19(24)20(16)25)21(31)17-9-11-29(27-17)14-5-3-13(22)4-6-14/h3-9,11H,2,10,12H2,1H3,(H,26,30). The number of amides is 2. The molecule has 0 saturated carbocycles. The van der Waals surface area contributed by atoms with Crippen LogP contribution in [0.2, 0.25) is 0 Å². The number of aromatic nitrogens is 2. The summed E-state index contributed by atoms with van der Waals surface area (Å²) in [5.74, 6) is -6.36. The summed E-state index contributed by atoms with van der Waals surface area (Å²) >= 11 is 0. The molecule has 31 heavy (non-hydrogen) atoms. The highest BCUT2D eigenvalue weighted by Crippen LogP contribution is 2.19. The van der Waals surface area contributed by atoms with Crippen LogP contribution < -0.4 is 5.32 Å². The Morgan fingerprint density at radius 2 is 1.71 bits per heavy atom. The van der Waals surface area contributed by atoms with Gasteiger partial charge in [-0.1, -0.05) is 6.92 Å². The van der Waals surface area contributed by atoms with Crippen molar-refractivity contribution in [3.63, 3.8) is 0 Å². The largest absolute Gasteiger partial charge is 0.328 e. The highest BCUT2D eigenvalue weighted by atomic mass is 19.2. The number of carbonyl (C=O) groups excluding carboxylic acids is 2. The molecule has 3 rings (SSSR count). The molecule has 0 radical (unpaired) electrons. The molecule has 3 aromatic rings. The van der Waals surface area contributed by atoms with Crippen molar-refractivity contribution in [3.8, 4) is 5.69 Å². The summed E-state index contributed by atoms with van der Waals surface area (Å²) in [4.78, 5) is 26.3. The first-order valence-electron chi connectivity index (χ1n) is 9.34. The van der Waals surface area contributed by atoms with Crippen LogP contribution in [0.25, 0.3) is 5.69 Å². The Hall–Kier alpha value is -3.69. The number of halogens is 4. The zero-order valence-corrected chi connectivity index (χ0v) is 16.4. The first kappa shape index (κ1) is 22.0. The molecule has 0 aliphatic heterocycles. The van der Waals surface area contributed by atoms with Gasteiger partial charge in [-0.3, -0.25) is 9.59 Å². The zero-order chi connectivity index (χ0) is 22.5. The van der Waals surface area contributed by atoms with Gasteiger partial charge in [0.25, 0.3) is 5.91 Å². The van der Waals surface area contributed by atoms with E-state index in [9.17, 15) is 27.2 Å². The molecule has 2 amide bonds. The predicted molar refractivity (Wildman–Crippen MR) is 105 cm³/mol. The Balaban J connectivity index is 1.73. The molecule has 0 aliphatic carbocycles. The number of rotatable bonds is 7. The van der Waals surface area contributed by atoms with Crippen LogP contribution in [0.4, 0.5) is 23.2 Å². The lowest BCUT2D eigenvalue weighted by atomic mass is 10.2. The number of nitrogens with one attached hydrogen (secondary N) is 1. The van der Waals surface area contributed by atoms with E-state index in [-0.39, 0.29) is 12.2 Å². The molecule has 0 fully saturated rings. The van der Waals surface area contributed by atoms with Crippen molar-refractivity contribution in [2.45, 2.75) is 13.3 Å². The van der Waals surface area contributed by atoms with Gasteiger partial charge in [0.1, 0.15) is 12.4 Å². The summed E-state index contributed by atoms with van der Waals surface area (Å²) in [6, 6.07) is 8.51. The second-order valence-corrected chi connectivity index (χ2v) is 6.62. The fourth-order valence-electron chi connectivity index (χ4n) is 2.85. The summed E-state index contributed by atoms with van der Waals surface area (Å²) in [5.41, 5.74) is 0.0482. The SMILES string of the molecule is CCCN(CC(=O)Nc1ccc(F)c(F)c1F)C(=O)c1ccn(-c2ccc(F)cc2)n1. The van der Waals surface area contributed by atoms with E-state index in [2.05, 4.69) is 10.4 Å². The zero-order valence-electron chi connectivity index (χ0n) is 16.4. The van der Waals surface area contributed by atoms with E-state index in [1.807, 2.05) is 0 Å². The Morgan fingerprint density at radius 3 is 2.39 bits per heavy atom. The van der Waals surface area contributed by atoms with Crippen molar-refractivity contribution >= 4 is 17.5 Å². The summed E-state index contributed by atoms with van der Waals surface area (Å²) in [7, 11) is 0. The van der Waals surface area contributed by atoms with E-state index >= 15 is 0 Å². The monoisotopic (exact) mass is 434 g/mol. The number of nitrogens with zero attached hydrogens (tertiary/aromatic N) is 3. The predicted octanol–water partition coefficient (Wildman–Crippen LogP) is 3.92. The normalized spacial score (nSPS) is 10.7. The van der Waals surface area contributed by atoms with Crippen LogP contribution in [0.3, 0.4) is 0 Å². The molecule has 0 saturated heterocycles. The first-order valence-corrected chi connectivity index (χ1v) is 9.34. The number of benzene rings is 2. The third-order valence-corrected chi connectivity index (χ3v) is 4.32. The van der Waals surface area contributed by atoms with Gasteiger partial charge in [-0.2, -0.15) is 5.10 Å². The molecule has 162 valence electrons. The molecule has 10 heteroatoms. The van der Waals surface area contributed by atoms with Gasteiger partial charge in [0.15, 0.2) is 23.1 Å². The second-order valence-electron chi connectivity index (χ2n) is 6.62. The van der Waals surface area contributed by atoms with Crippen molar-refractivity contribution in [1.82, 2.24) is 14.7 Å². The molecule has 1 N–H and O–H groups in total. The van der Waals surface area contributed by atoms with Gasteiger partial charge >= 0.3 is 0 Å². The van der Waals surface area contributed by atoms with Crippen molar-refractivity contribution in [3.05, 3.63) is 77.6 Å². The number of hydrogen-bond donors (Lipinski definition) is 1. The smallest absolute Gasteiger partial charge is 0.274 e. The van der Waals surface area contributed by atoms with Crippen LogP contribution in [0.5, 0.6) is 0 Å². The maximum absolute atomic E-state index is 13.8. The summed E-state index contributed by atoms with van der Waals surface area (Å²) in [5, 5.41) is 6.29. The lowest BCUT2D eigenvalue weighted by Gasteiger charge is -2.20. The van der Waals surface area contributed by atoms with Crippen molar-refractivity contribution in [2.24, 2.45) is 0 Å². The van der Waals surface area contributed by atoms with Crippen LogP contribution >= 0.6 is 0 Å². The second kappa shape index (κ2) is 9.41. The number of anilines is 1. The third kappa shape index (κ3) is 5.08. The lowest BCUT2D eigenvalue weighted by molar-refractivity contribution is -0.116. The molecule has 0 atom stereocenters. The quantitative estimate of drug-likeness (QED) is 0.453. The van der Waals surface area contributed by atoms with Crippen LogP contribution in [-0.2, 0) is 4.79 Å². The van der Waals surface area contributed by atoms with Gasteiger partial charge in [-0.05, 0) is 48.9 Å². The third-order valence-electron chi connectivity index (χ3n) is 4.32. The Bertz CT molecular complexity index is 1100. The van der Waals surface area contributed by atoms with E-state index in [0.717, 1.165) is 6.07 Å². The first-order chi connectivity index (χ1) is 14.8. The molecular weight excluding hydrogens is 416 g/mol. The summed E-state index contributed by atoms with van der Waals surface area (Å²) in [6.07, 6.45) is 2.04. The molecule has 0 unspecified atom stereocenters. The molecule has 2 aromatic carbocycles. The minimum atomic E-state index is -1.70. The van der Waals surface area contributed by atoms with Gasteiger partial charge in [0.05, 0.1) is 11.4 Å². The summed E-state index contributed by atoms with van der Waals surface area (Å²) < 4.78 is 54.6. The van der Waals surface area contributed by atoms with Crippen molar-refractivity contribution in [1.29, 1.82) is 0 Å². The average Bonchev–Trinajstić information content (AvgIpc) is 3.24. The number of carbonyl (C=O) groups is 2. The molecule has 1 aromatic heterocycles. The maximum Gasteiger partial charge on any atom is 0.274 e. The molecule has 0 bridgehead atoms. The van der Waals surface area contributed by atoms with E-state index < -0.39 is 47.3 Å². The van der Waals surface area contributed by atoms with Crippen LogP contribution in [0.15, 0.2) is 48.7 Å². The van der Waals surface area contributed by atoms with Crippen LogP contribution in [0.1, 0.15) is 23.8 Å². The van der Waals surface area contributed by atoms with Crippen molar-refractivity contribution in [2.75, 3.05) is 18.4 Å². The van der Waals surface area contributed by atoms with Crippen molar-refractivity contribution < 1.29 is 27.2 Å². The minimum absolute atomic E-state index is 0.0459. The van der Waals surface area contributed by atoms with Gasteiger partial charge in [-0.15, -0.1) is 0 Å². The fraction of sp³-hybridized carbons (Fsp3) is 0.190. The van der Waals surface area contributed by atoms with Crippen LogP contribution in [-0.4, -0.2) is 39.6 Å². The summed E-state index contributed by atoms with van der Waals surface area (Å²) in [6.45, 7) is 1.55. The van der Waals surface area contributed by atoms with Gasteiger partial charge < -0.3 is 10.2 Å². The van der Waals surface area contributed by atoms with Crippen LogP contribution in [0, 0.1) is 23.3 Å². The average molecular weight is 434 g/mol. The topological polar surface area (TPSA) is 67.2 Å². The molecular formula is C21H18F4N4O2. The molecule has 6 nitrogen and oxygen atoms in total. The highest BCUT2D eigenvalue weighted by Gasteiger charge is 2.22. The van der Waals surface area contributed by atoms with E-state index in [1.165, 1.54) is 46.1 Å². The van der Waals surface area contributed by atoms with E-state index in [0.29, 0.717) is 18.2 Å². The van der Waals surface area contributed by atoms with E-state index in [4.69, 9.17) is 0 Å². The molecule has 0 aliphatic rings. The maximum atomic E-state index is 13.8.